The van der Waals surface area contributed by atoms with Gasteiger partial charge in [0.15, 0.2) is 0 Å². The molecule has 3 aromatic carbocycles. The van der Waals surface area contributed by atoms with Crippen LogP contribution in [-0.2, 0) is 19.1 Å². The van der Waals surface area contributed by atoms with Crippen molar-refractivity contribution >= 4 is 78.6 Å². The molecule has 4 aliphatic heterocycles. The van der Waals surface area contributed by atoms with Gasteiger partial charge in [0.2, 0.25) is 11.8 Å². The predicted octanol–water partition coefficient (Wildman–Crippen LogP) is 9.18. The van der Waals surface area contributed by atoms with E-state index >= 15 is 0 Å². The molecule has 2 N–H and O–H groups in total. The highest BCUT2D eigenvalue weighted by Gasteiger charge is 2.40. The van der Waals surface area contributed by atoms with E-state index in [2.05, 4.69) is 47.0 Å². The fourth-order valence-corrected chi connectivity index (χ4v) is 11.3. The van der Waals surface area contributed by atoms with E-state index in [9.17, 15) is 19.2 Å². The Bertz CT molecular complexity index is 2600. The number of likely N-dealkylation sites (tertiary alicyclic amines) is 2. The number of amides is 4. The maximum Gasteiger partial charge on any atom is 0.407 e. The Morgan fingerprint density at radius 2 is 1.06 bits per heavy atom. The van der Waals surface area contributed by atoms with Crippen molar-refractivity contribution < 1.29 is 28.7 Å². The minimum absolute atomic E-state index is 0.133. The summed E-state index contributed by atoms with van der Waals surface area (Å²) in [6.45, 7) is 1.20. The highest BCUT2D eigenvalue weighted by molar-refractivity contribution is 7.30. The molecule has 0 aliphatic carbocycles. The van der Waals surface area contributed by atoms with Crippen molar-refractivity contribution in [3.05, 3.63) is 131 Å². The van der Waals surface area contributed by atoms with Crippen LogP contribution in [0.15, 0.2) is 119 Å². The molecule has 1 unspecified atom stereocenters. The molecule has 12 nitrogen and oxygen atoms in total. The van der Waals surface area contributed by atoms with Crippen LogP contribution < -0.4 is 10.6 Å². The van der Waals surface area contributed by atoms with Gasteiger partial charge in [-0.15, -0.1) is 22.7 Å². The molecule has 9 rings (SSSR count). The maximum absolute atomic E-state index is 14.0. The molecule has 4 aliphatic rings. The van der Waals surface area contributed by atoms with Gasteiger partial charge in [-0.1, -0.05) is 84.9 Å². The second kappa shape index (κ2) is 17.9. The molecule has 2 aromatic heterocycles. The van der Waals surface area contributed by atoms with Crippen LogP contribution in [0.5, 0.6) is 0 Å². The number of aliphatic imine (C=N–C) groups is 2. The highest BCUT2D eigenvalue weighted by atomic mass is 32.1. The fourth-order valence-electron chi connectivity index (χ4n) is 8.92. The van der Waals surface area contributed by atoms with Gasteiger partial charge in [0.25, 0.3) is 0 Å². The van der Waals surface area contributed by atoms with Gasteiger partial charge in [-0.3, -0.25) is 19.6 Å². The monoisotopic (exact) mass is 866 g/mol. The van der Waals surface area contributed by atoms with Crippen molar-refractivity contribution in [3.63, 3.8) is 0 Å². The first-order valence-electron chi connectivity index (χ1n) is 20.8. The zero-order valence-electron chi connectivity index (χ0n) is 34.4. The minimum Gasteiger partial charge on any atom is -0.453 e. The van der Waals surface area contributed by atoms with E-state index in [1.165, 1.54) is 33.4 Å². The molecule has 5 aromatic rings. The minimum atomic E-state index is -0.849. The number of rotatable bonds is 11. The van der Waals surface area contributed by atoms with Gasteiger partial charge in [0.05, 0.1) is 26.3 Å². The first-order valence-corrected chi connectivity index (χ1v) is 22.5. The third-order valence-corrected chi connectivity index (χ3v) is 14.5. The van der Waals surface area contributed by atoms with Crippen LogP contribution in [0.4, 0.5) is 9.59 Å². The lowest BCUT2D eigenvalue weighted by atomic mass is 9.97. The van der Waals surface area contributed by atoms with Crippen molar-refractivity contribution in [1.82, 2.24) is 20.4 Å². The lowest BCUT2D eigenvalue weighted by molar-refractivity contribution is -0.134. The number of benzene rings is 3. The number of methoxy groups -OCH3 is 2. The van der Waals surface area contributed by atoms with Crippen molar-refractivity contribution in [3.8, 4) is 10.4 Å². The summed E-state index contributed by atoms with van der Waals surface area (Å²) >= 11 is 3.53. The molecule has 4 amide bonds. The van der Waals surface area contributed by atoms with Crippen molar-refractivity contribution in [2.24, 2.45) is 9.98 Å². The Morgan fingerprint density at radius 1 is 0.613 bits per heavy atom. The number of fused-ring (bicyclic) bond motifs is 1. The lowest BCUT2D eigenvalue weighted by Crippen LogP contribution is -2.47. The molecule has 2 fully saturated rings. The molecule has 14 heteroatoms. The van der Waals surface area contributed by atoms with Crippen LogP contribution in [0, 0.1) is 0 Å². The number of carbonyl (C=O) groups is 4. The molecule has 316 valence electrons. The molecule has 0 radical (unpaired) electrons. The molecular weight excluding hydrogens is 821 g/mol. The number of thiophene rings is 2. The van der Waals surface area contributed by atoms with E-state index in [4.69, 9.17) is 19.5 Å². The lowest BCUT2D eigenvalue weighted by Gasteiger charge is -2.29. The van der Waals surface area contributed by atoms with E-state index in [0.717, 1.165) is 59.4 Å². The molecular formula is C48H46N6O6S2. The van der Waals surface area contributed by atoms with E-state index in [1.54, 1.807) is 22.7 Å². The number of allylic oxidation sites excluding steroid dienone is 2. The summed E-state index contributed by atoms with van der Waals surface area (Å²) in [4.78, 5) is 68.2. The van der Waals surface area contributed by atoms with Crippen molar-refractivity contribution in [2.75, 3.05) is 27.3 Å². The van der Waals surface area contributed by atoms with Crippen LogP contribution in [0.25, 0.3) is 31.0 Å². The molecule has 2 saturated heterocycles. The van der Waals surface area contributed by atoms with Crippen molar-refractivity contribution in [2.45, 2.75) is 62.7 Å². The van der Waals surface area contributed by atoms with E-state index < -0.39 is 24.3 Å². The first kappa shape index (κ1) is 41.0. The smallest absolute Gasteiger partial charge is 0.407 e. The summed E-state index contributed by atoms with van der Waals surface area (Å²) in [6.07, 6.45) is 7.28. The summed E-state index contributed by atoms with van der Waals surface area (Å²) in [7, 11) is 2.59. The quantitative estimate of drug-likeness (QED) is 0.136. The van der Waals surface area contributed by atoms with Crippen LogP contribution >= 0.6 is 22.7 Å². The van der Waals surface area contributed by atoms with Crippen LogP contribution in [-0.4, -0.2) is 84.6 Å². The molecule has 6 heterocycles. The van der Waals surface area contributed by atoms with Crippen LogP contribution in [0.3, 0.4) is 0 Å². The number of hydrogen-bond acceptors (Lipinski definition) is 10. The molecule has 0 saturated carbocycles. The summed E-state index contributed by atoms with van der Waals surface area (Å²) < 4.78 is 12.1. The summed E-state index contributed by atoms with van der Waals surface area (Å²) in [5, 5.41) is 5.48. The second-order valence-electron chi connectivity index (χ2n) is 15.8. The Kier molecular flexibility index (Phi) is 11.8. The number of carbonyl (C=O) groups excluding carboxylic acids is 4. The molecule has 62 heavy (non-hydrogen) atoms. The Labute approximate surface area is 367 Å². The molecule has 0 spiro atoms. The third kappa shape index (κ3) is 8.32. The van der Waals surface area contributed by atoms with Crippen molar-refractivity contribution in [1.29, 1.82) is 0 Å². The summed E-state index contributed by atoms with van der Waals surface area (Å²) in [5.41, 5.74) is 7.85. The van der Waals surface area contributed by atoms with Gasteiger partial charge in [0, 0.05) is 68.9 Å². The molecule has 0 bridgehead atoms. The standard InChI is InChI=1S/C48H46N6O6S2/c1-59-47(57)51-43(31-11-5-3-6-12-31)45(55)53-21-9-15-37(53)35-23-33(27-49-35)29-17-19-30(20-18-29)39-25-41-42(61-39)26-40(62-41)34-24-36(50-28-34)38-16-10-22-54(38)46(56)44(52-48(58)60-2)32-13-7-4-8-14-32/h3-8,11-14,17-20,25-28,37-38,43-44H,9-10,15-16,21-24H2,1-2H3,(H,51,57)(H,52,58)/t37?,38-,43+,44+/m0/s1. The fraction of sp³-hybridized carbons (Fsp3) is 0.292. The normalized spacial score (nSPS) is 19.4. The zero-order chi connectivity index (χ0) is 42.7. The van der Waals surface area contributed by atoms with Gasteiger partial charge in [-0.25, -0.2) is 9.59 Å². The average molecular weight is 867 g/mol. The zero-order valence-corrected chi connectivity index (χ0v) is 36.0. The van der Waals surface area contributed by atoms with Crippen LogP contribution in [0.1, 0.15) is 72.2 Å². The third-order valence-electron chi connectivity index (χ3n) is 12.1. The second-order valence-corrected chi connectivity index (χ2v) is 17.9. The van der Waals surface area contributed by atoms with E-state index in [1.807, 2.05) is 82.9 Å². The number of nitrogens with zero attached hydrogens (tertiary/aromatic N) is 4. The Balaban J connectivity index is 0.820. The number of hydrogen-bond donors (Lipinski definition) is 2. The number of ether oxygens (including phenoxy) is 2. The Hall–Kier alpha value is -6.38. The topological polar surface area (TPSA) is 142 Å². The average Bonchev–Trinajstić information content (AvgIpc) is 4.17. The van der Waals surface area contributed by atoms with Crippen LogP contribution in [0.2, 0.25) is 0 Å². The SMILES string of the molecule is COC(=O)N[C@@H](C(=O)N1CCCC1C1=NC=C(c2ccc(-c3cc4sc(C5=CN=C([C@@H]6CCCN6C(=O)[C@H](NC(=O)OC)c6ccccc6)C5)cc4s3)cc2)C1)c1ccccc1. The van der Waals surface area contributed by atoms with Gasteiger partial charge in [0.1, 0.15) is 12.1 Å². The van der Waals surface area contributed by atoms with Gasteiger partial charge in [-0.2, -0.15) is 0 Å². The predicted molar refractivity (Wildman–Crippen MR) is 244 cm³/mol. The largest absolute Gasteiger partial charge is 0.453 e. The highest BCUT2D eigenvalue weighted by Crippen LogP contribution is 2.43. The van der Waals surface area contributed by atoms with E-state index in [-0.39, 0.29) is 23.9 Å². The Morgan fingerprint density at radius 3 is 1.58 bits per heavy atom. The van der Waals surface area contributed by atoms with E-state index in [0.29, 0.717) is 37.1 Å². The number of alkyl carbamates (subject to hydrolysis) is 2. The summed E-state index contributed by atoms with van der Waals surface area (Å²) in [6, 6.07) is 29.7. The summed E-state index contributed by atoms with van der Waals surface area (Å²) in [5.74, 6) is -0.329. The maximum atomic E-state index is 14.0. The van der Waals surface area contributed by atoms with Gasteiger partial charge >= 0.3 is 12.2 Å². The molecule has 4 atom stereocenters. The van der Waals surface area contributed by atoms with Gasteiger partial charge < -0.3 is 29.9 Å². The number of nitrogens with one attached hydrogen (secondary N) is 2. The van der Waals surface area contributed by atoms with Gasteiger partial charge in [-0.05, 0) is 71.2 Å². The first-order chi connectivity index (χ1) is 30.3.